The lowest BCUT2D eigenvalue weighted by molar-refractivity contribution is -0.127. The first-order chi connectivity index (χ1) is 8.76. The van der Waals surface area contributed by atoms with Crippen molar-refractivity contribution >= 4 is 29.0 Å². The van der Waals surface area contributed by atoms with Gasteiger partial charge >= 0.3 is 0 Å². The molecule has 6 nitrogen and oxygen atoms in total. The molecule has 0 unspecified atom stereocenters. The van der Waals surface area contributed by atoms with Crippen molar-refractivity contribution in [1.82, 2.24) is 9.97 Å². The number of carbonyl (C=O) groups excluding carboxylic acids is 2. The molecule has 0 aliphatic heterocycles. The van der Waals surface area contributed by atoms with Crippen LogP contribution in [0, 0.1) is 0 Å². The van der Waals surface area contributed by atoms with Gasteiger partial charge in [-0.2, -0.15) is 0 Å². The van der Waals surface area contributed by atoms with Gasteiger partial charge in [-0.3, -0.25) is 14.6 Å². The second-order valence-electron chi connectivity index (χ2n) is 3.54. The molecule has 0 atom stereocenters. The molecule has 0 aliphatic carbocycles. The largest absolute Gasteiger partial charge is 0.459 e. The number of ether oxygens (including phenoxy) is 1. The van der Waals surface area contributed by atoms with E-state index in [2.05, 4.69) is 20.0 Å². The number of hydrogen-bond donors (Lipinski definition) is 1. The molecule has 0 radical (unpaired) electrons. The fourth-order valence-corrected chi connectivity index (χ4v) is 1.59. The predicted octanol–water partition coefficient (Wildman–Crippen LogP) is 1.03. The molecule has 0 spiro atoms. The van der Waals surface area contributed by atoms with Crippen LogP contribution in [0.25, 0.3) is 10.9 Å². The summed E-state index contributed by atoms with van der Waals surface area (Å²) in [5.74, 6) is 0.356. The second-order valence-corrected chi connectivity index (χ2v) is 3.54. The standard InChI is InChI=1S/C12H11N3O3/c1-13-12-11-8(2-3-14-12)4-9(5-15-11)10(17)6-18-7-16/h2-5,7H,6H2,1H3,(H,13,14). The van der Waals surface area contributed by atoms with E-state index in [0.717, 1.165) is 5.39 Å². The summed E-state index contributed by atoms with van der Waals surface area (Å²) in [6.45, 7) is -0.0317. The van der Waals surface area contributed by atoms with Gasteiger partial charge in [0.2, 0.25) is 5.78 Å². The first-order valence-electron chi connectivity index (χ1n) is 5.27. The maximum Gasteiger partial charge on any atom is 0.293 e. The number of nitrogens with one attached hydrogen (secondary N) is 1. The van der Waals surface area contributed by atoms with Crippen molar-refractivity contribution in [3.8, 4) is 0 Å². The number of Topliss-reactive ketones (excluding diaryl/α,β-unsaturated/α-hetero) is 1. The highest BCUT2D eigenvalue weighted by Crippen LogP contribution is 2.19. The highest BCUT2D eigenvalue weighted by atomic mass is 16.5. The number of hydrogen-bond acceptors (Lipinski definition) is 6. The third kappa shape index (κ3) is 2.27. The van der Waals surface area contributed by atoms with Gasteiger partial charge in [0, 0.05) is 30.4 Å². The summed E-state index contributed by atoms with van der Waals surface area (Å²) < 4.78 is 4.42. The summed E-state index contributed by atoms with van der Waals surface area (Å²) in [4.78, 5) is 30.0. The van der Waals surface area contributed by atoms with Crippen LogP contribution in [-0.2, 0) is 9.53 Å². The number of carbonyl (C=O) groups is 2. The molecule has 0 saturated heterocycles. The van der Waals surface area contributed by atoms with Crippen LogP contribution in [-0.4, -0.2) is 35.9 Å². The van der Waals surface area contributed by atoms with Crippen molar-refractivity contribution in [3.63, 3.8) is 0 Å². The Labute approximate surface area is 103 Å². The number of aromatic nitrogens is 2. The summed E-state index contributed by atoms with van der Waals surface area (Å²) in [6.07, 6.45) is 3.08. The van der Waals surface area contributed by atoms with Crippen LogP contribution in [0.15, 0.2) is 24.5 Å². The van der Waals surface area contributed by atoms with Gasteiger partial charge in [0.25, 0.3) is 6.47 Å². The van der Waals surface area contributed by atoms with Crippen LogP contribution < -0.4 is 5.32 Å². The quantitative estimate of drug-likeness (QED) is 0.625. The molecule has 0 bridgehead atoms. The first kappa shape index (κ1) is 12.0. The van der Waals surface area contributed by atoms with Gasteiger partial charge < -0.3 is 10.1 Å². The topological polar surface area (TPSA) is 81.2 Å². The smallest absolute Gasteiger partial charge is 0.293 e. The zero-order valence-corrected chi connectivity index (χ0v) is 9.71. The van der Waals surface area contributed by atoms with Crippen molar-refractivity contribution in [2.45, 2.75) is 0 Å². The normalized spacial score (nSPS) is 10.1. The van der Waals surface area contributed by atoms with E-state index >= 15 is 0 Å². The van der Waals surface area contributed by atoms with E-state index in [0.29, 0.717) is 16.9 Å². The van der Waals surface area contributed by atoms with Gasteiger partial charge in [0.1, 0.15) is 5.52 Å². The number of ketones is 1. The van der Waals surface area contributed by atoms with Crippen molar-refractivity contribution in [3.05, 3.63) is 30.1 Å². The molecule has 92 valence electrons. The zero-order valence-electron chi connectivity index (χ0n) is 9.71. The Hall–Kier alpha value is -2.50. The molecule has 0 amide bonds. The molecule has 2 aromatic rings. The number of pyridine rings is 2. The Bertz CT molecular complexity index is 598. The minimum Gasteiger partial charge on any atom is -0.459 e. The van der Waals surface area contributed by atoms with E-state index in [1.165, 1.54) is 6.20 Å². The van der Waals surface area contributed by atoms with E-state index in [4.69, 9.17) is 0 Å². The van der Waals surface area contributed by atoms with E-state index in [9.17, 15) is 9.59 Å². The predicted molar refractivity (Wildman–Crippen MR) is 65.4 cm³/mol. The lowest BCUT2D eigenvalue weighted by atomic mass is 10.1. The number of anilines is 1. The third-order valence-corrected chi connectivity index (χ3v) is 2.44. The summed E-state index contributed by atoms with van der Waals surface area (Å²) in [5, 5.41) is 3.72. The molecule has 2 rings (SSSR count). The van der Waals surface area contributed by atoms with Crippen LogP contribution in [0.5, 0.6) is 0 Å². The number of nitrogens with zero attached hydrogens (tertiary/aromatic N) is 2. The summed E-state index contributed by atoms with van der Waals surface area (Å²) in [5.41, 5.74) is 1.09. The molecule has 0 saturated carbocycles. The maximum atomic E-state index is 11.6. The molecule has 2 heterocycles. The molecule has 18 heavy (non-hydrogen) atoms. The Morgan fingerprint density at radius 3 is 3.06 bits per heavy atom. The van der Waals surface area contributed by atoms with Gasteiger partial charge in [0.15, 0.2) is 12.4 Å². The summed E-state index contributed by atoms with van der Waals surface area (Å²) in [6, 6.07) is 3.46. The average Bonchev–Trinajstić information content (AvgIpc) is 2.43. The number of fused-ring (bicyclic) bond motifs is 1. The van der Waals surface area contributed by atoms with E-state index in [1.807, 2.05) is 0 Å². The van der Waals surface area contributed by atoms with Gasteiger partial charge in [-0.05, 0) is 12.1 Å². The zero-order chi connectivity index (χ0) is 13.0. The minimum atomic E-state index is -0.292. The molecule has 0 aromatic carbocycles. The summed E-state index contributed by atoms with van der Waals surface area (Å²) >= 11 is 0. The highest BCUT2D eigenvalue weighted by Gasteiger charge is 2.09. The van der Waals surface area contributed by atoms with Crippen molar-refractivity contribution in [1.29, 1.82) is 0 Å². The average molecular weight is 245 g/mol. The van der Waals surface area contributed by atoms with Gasteiger partial charge in [-0.15, -0.1) is 0 Å². The van der Waals surface area contributed by atoms with Gasteiger partial charge in [0.05, 0.1) is 0 Å². The Morgan fingerprint density at radius 2 is 2.33 bits per heavy atom. The van der Waals surface area contributed by atoms with Crippen LogP contribution in [0.4, 0.5) is 5.82 Å². The molecule has 6 heteroatoms. The monoisotopic (exact) mass is 245 g/mol. The van der Waals surface area contributed by atoms with Gasteiger partial charge in [-0.25, -0.2) is 4.98 Å². The van der Waals surface area contributed by atoms with E-state index in [1.54, 1.807) is 25.4 Å². The molecule has 0 fully saturated rings. The SMILES string of the molecule is CNc1nccc2cc(C(=O)COC=O)cnc12. The van der Waals surface area contributed by atoms with Crippen LogP contribution in [0.2, 0.25) is 0 Å². The molecule has 2 aromatic heterocycles. The Kier molecular flexibility index (Phi) is 3.47. The lowest BCUT2D eigenvalue weighted by Gasteiger charge is -2.05. The molecular weight excluding hydrogens is 234 g/mol. The van der Waals surface area contributed by atoms with Crippen molar-refractivity contribution < 1.29 is 14.3 Å². The maximum absolute atomic E-state index is 11.6. The number of rotatable bonds is 5. The van der Waals surface area contributed by atoms with E-state index in [-0.39, 0.29) is 18.9 Å². The van der Waals surface area contributed by atoms with Crippen molar-refractivity contribution in [2.75, 3.05) is 19.0 Å². The lowest BCUT2D eigenvalue weighted by Crippen LogP contribution is -2.08. The van der Waals surface area contributed by atoms with Crippen LogP contribution in [0.1, 0.15) is 10.4 Å². The first-order valence-corrected chi connectivity index (χ1v) is 5.27. The fraction of sp³-hybridized carbons (Fsp3) is 0.167. The van der Waals surface area contributed by atoms with Crippen LogP contribution >= 0.6 is 0 Å². The fourth-order valence-electron chi connectivity index (χ4n) is 1.59. The molecule has 0 aliphatic rings. The van der Waals surface area contributed by atoms with Crippen molar-refractivity contribution in [2.24, 2.45) is 0 Å². The highest BCUT2D eigenvalue weighted by molar-refractivity contribution is 6.01. The summed E-state index contributed by atoms with van der Waals surface area (Å²) in [7, 11) is 1.75. The molecule has 1 N–H and O–H groups in total. The Balaban J connectivity index is 2.39. The van der Waals surface area contributed by atoms with E-state index < -0.39 is 0 Å². The Morgan fingerprint density at radius 1 is 1.50 bits per heavy atom. The van der Waals surface area contributed by atoms with Gasteiger partial charge in [-0.1, -0.05) is 0 Å². The minimum absolute atomic E-state index is 0.245. The molecular formula is C12H11N3O3. The second kappa shape index (κ2) is 5.22. The third-order valence-electron chi connectivity index (χ3n) is 2.44. The van der Waals surface area contributed by atoms with Crippen LogP contribution in [0.3, 0.4) is 0 Å².